The molecule has 0 aliphatic heterocycles. The highest BCUT2D eigenvalue weighted by atomic mass is 28.3. The molecule has 11 rings (SSSR count). The third kappa shape index (κ3) is 6.10. The number of hydrogen-bond donors (Lipinski definition) is 0. The molecule has 0 spiro atoms. The van der Waals surface area contributed by atoms with Crippen LogP contribution in [-0.4, -0.2) is 23.0 Å². The minimum Gasteiger partial charge on any atom is -0.455 e. The number of fused-ring (bicyclic) bond motifs is 9. The summed E-state index contributed by atoms with van der Waals surface area (Å²) in [5.41, 5.74) is 8.96. The molecule has 5 heteroatoms. The van der Waals surface area contributed by atoms with Crippen molar-refractivity contribution in [2.24, 2.45) is 0 Å². The van der Waals surface area contributed by atoms with Crippen molar-refractivity contribution in [2.75, 3.05) is 0 Å². The number of furan rings is 1. The third-order valence-corrected chi connectivity index (χ3v) is 13.8. The fraction of sp³-hybridized carbons (Fsp3) is 0.0556. The molecule has 0 saturated heterocycles. The molecule has 0 saturated carbocycles. The zero-order valence-electron chi connectivity index (χ0n) is 33.1. The quantitative estimate of drug-likeness (QED) is 0.125. The molecule has 2 heterocycles. The zero-order valence-corrected chi connectivity index (χ0v) is 34.1. The van der Waals surface area contributed by atoms with Gasteiger partial charge in [-0.1, -0.05) is 183 Å². The Kier molecular flexibility index (Phi) is 8.14. The fourth-order valence-electron chi connectivity index (χ4n) is 8.57. The van der Waals surface area contributed by atoms with Crippen LogP contribution in [0.1, 0.15) is 0 Å². The molecule has 11 aromatic rings. The molecule has 0 N–H and O–H groups in total. The van der Waals surface area contributed by atoms with E-state index in [4.69, 9.17) is 19.4 Å². The second-order valence-corrected chi connectivity index (χ2v) is 21.5. The van der Waals surface area contributed by atoms with Gasteiger partial charge in [0.25, 0.3) is 0 Å². The summed E-state index contributed by atoms with van der Waals surface area (Å²) in [5.74, 6) is 1.83. The van der Waals surface area contributed by atoms with Gasteiger partial charge in [0.2, 0.25) is 0 Å². The zero-order chi connectivity index (χ0) is 39.7. The highest BCUT2D eigenvalue weighted by Gasteiger charge is 2.20. The van der Waals surface area contributed by atoms with Crippen molar-refractivity contribution in [2.45, 2.75) is 19.6 Å². The standard InChI is InChI=1S/C54H39N3OSi/c1-59(2,3)40-29-26-36(27-30-40)53-55-52(56-54(57-53)48-20-11-19-47-46-18-8-9-21-50(46)58-51(47)48)35-24-22-34(23-25-35)37-12-10-13-38(32-37)39-28-31-45-43-16-5-4-14-41(43)42-15-6-7-17-44(42)49(45)33-39/h4-33H,1-3H3. The predicted octanol–water partition coefficient (Wildman–Crippen LogP) is 14.1. The Balaban J connectivity index is 0.986. The summed E-state index contributed by atoms with van der Waals surface area (Å²) in [5, 5.41) is 11.2. The van der Waals surface area contributed by atoms with Crippen molar-refractivity contribution in [3.63, 3.8) is 0 Å². The molecule has 0 bridgehead atoms. The van der Waals surface area contributed by atoms with Gasteiger partial charge in [0.1, 0.15) is 11.2 Å². The molecule has 280 valence electrons. The van der Waals surface area contributed by atoms with E-state index in [9.17, 15) is 0 Å². The van der Waals surface area contributed by atoms with Crippen molar-refractivity contribution in [1.29, 1.82) is 0 Å². The van der Waals surface area contributed by atoms with Crippen LogP contribution < -0.4 is 5.19 Å². The summed E-state index contributed by atoms with van der Waals surface area (Å²) in [6.07, 6.45) is 0. The first-order chi connectivity index (χ1) is 28.9. The monoisotopic (exact) mass is 773 g/mol. The maximum atomic E-state index is 6.45. The maximum absolute atomic E-state index is 6.45. The summed E-state index contributed by atoms with van der Waals surface area (Å²) < 4.78 is 6.45. The molecule has 0 atom stereocenters. The van der Waals surface area contributed by atoms with Crippen LogP contribution in [0.15, 0.2) is 186 Å². The SMILES string of the molecule is C[Si](C)(C)c1ccc(-c2nc(-c3ccc(-c4cccc(-c5ccc6c7ccccc7c7ccccc7c6c5)c4)cc3)nc(-c3cccc4c3oc3ccccc34)n2)cc1. The van der Waals surface area contributed by atoms with Crippen LogP contribution in [0, 0.1) is 0 Å². The average Bonchev–Trinajstić information content (AvgIpc) is 3.68. The van der Waals surface area contributed by atoms with Crippen LogP contribution in [0.4, 0.5) is 0 Å². The van der Waals surface area contributed by atoms with E-state index < -0.39 is 8.07 Å². The number of rotatable bonds is 6. The predicted molar refractivity (Wildman–Crippen MR) is 250 cm³/mol. The molecule has 59 heavy (non-hydrogen) atoms. The molecule has 0 unspecified atom stereocenters. The van der Waals surface area contributed by atoms with E-state index in [1.165, 1.54) is 48.6 Å². The summed E-state index contributed by atoms with van der Waals surface area (Å²) in [7, 11) is -1.48. The van der Waals surface area contributed by atoms with E-state index in [0.29, 0.717) is 17.5 Å². The molecule has 0 radical (unpaired) electrons. The van der Waals surface area contributed by atoms with Crippen LogP contribution in [0.5, 0.6) is 0 Å². The second kappa shape index (κ2) is 13.7. The number of nitrogens with zero attached hydrogens (tertiary/aromatic N) is 3. The van der Waals surface area contributed by atoms with Gasteiger partial charge in [0.15, 0.2) is 17.5 Å². The minimum absolute atomic E-state index is 0.580. The van der Waals surface area contributed by atoms with Crippen molar-refractivity contribution in [1.82, 2.24) is 15.0 Å². The van der Waals surface area contributed by atoms with Crippen LogP contribution in [0.25, 0.3) is 111 Å². The summed E-state index contributed by atoms with van der Waals surface area (Å²) in [6.45, 7) is 7.09. The Hall–Kier alpha value is -7.21. The maximum Gasteiger partial charge on any atom is 0.167 e. The summed E-state index contributed by atoms with van der Waals surface area (Å²) in [4.78, 5) is 15.3. The van der Waals surface area contributed by atoms with E-state index in [2.05, 4.69) is 177 Å². The van der Waals surface area contributed by atoms with Gasteiger partial charge in [0, 0.05) is 21.9 Å². The van der Waals surface area contributed by atoms with Crippen molar-refractivity contribution in [3.05, 3.63) is 182 Å². The van der Waals surface area contributed by atoms with Gasteiger partial charge in [-0.05, 0) is 78.8 Å². The third-order valence-electron chi connectivity index (χ3n) is 11.7. The summed E-state index contributed by atoms with van der Waals surface area (Å²) >= 11 is 0. The van der Waals surface area contributed by atoms with Gasteiger partial charge < -0.3 is 4.42 Å². The second-order valence-electron chi connectivity index (χ2n) is 16.4. The van der Waals surface area contributed by atoms with Gasteiger partial charge in [0.05, 0.1) is 13.6 Å². The Morgan fingerprint density at radius 2 is 0.797 bits per heavy atom. The van der Waals surface area contributed by atoms with Gasteiger partial charge in [-0.2, -0.15) is 0 Å². The van der Waals surface area contributed by atoms with Gasteiger partial charge in [-0.25, -0.2) is 15.0 Å². The van der Waals surface area contributed by atoms with Gasteiger partial charge in [-0.15, -0.1) is 0 Å². The van der Waals surface area contributed by atoms with Crippen molar-refractivity contribution < 1.29 is 4.42 Å². The molecule has 0 fully saturated rings. The largest absolute Gasteiger partial charge is 0.455 e. The lowest BCUT2D eigenvalue weighted by Crippen LogP contribution is -2.37. The lowest BCUT2D eigenvalue weighted by atomic mass is 9.91. The topological polar surface area (TPSA) is 51.8 Å². The van der Waals surface area contributed by atoms with E-state index >= 15 is 0 Å². The van der Waals surface area contributed by atoms with Crippen LogP contribution in [0.3, 0.4) is 0 Å². The molecule has 9 aromatic carbocycles. The normalized spacial score (nSPS) is 12.0. The van der Waals surface area contributed by atoms with Crippen molar-refractivity contribution >= 4 is 67.5 Å². The Morgan fingerprint density at radius 3 is 1.44 bits per heavy atom. The molecule has 0 aliphatic rings. The first kappa shape index (κ1) is 35.0. The van der Waals surface area contributed by atoms with Gasteiger partial charge in [-0.3, -0.25) is 0 Å². The fourth-order valence-corrected chi connectivity index (χ4v) is 9.74. The average molecular weight is 774 g/mol. The Labute approximate surface area is 343 Å². The molecular weight excluding hydrogens is 735 g/mol. The lowest BCUT2D eigenvalue weighted by molar-refractivity contribution is 0.669. The number of aromatic nitrogens is 3. The van der Waals surface area contributed by atoms with E-state index in [0.717, 1.165) is 49.8 Å². The first-order valence-electron chi connectivity index (χ1n) is 20.2. The lowest BCUT2D eigenvalue weighted by Gasteiger charge is -2.16. The first-order valence-corrected chi connectivity index (χ1v) is 23.7. The smallest absolute Gasteiger partial charge is 0.167 e. The van der Waals surface area contributed by atoms with Gasteiger partial charge >= 0.3 is 0 Å². The summed E-state index contributed by atoms with van der Waals surface area (Å²) in [6, 6.07) is 64.9. The highest BCUT2D eigenvalue weighted by Crippen LogP contribution is 2.39. The molecule has 0 amide bonds. The van der Waals surface area contributed by atoms with E-state index in [1.54, 1.807) is 0 Å². The Morgan fingerprint density at radius 1 is 0.339 bits per heavy atom. The molecule has 4 nitrogen and oxygen atoms in total. The van der Waals surface area contributed by atoms with Crippen LogP contribution in [-0.2, 0) is 0 Å². The Bertz CT molecular complexity index is 3380. The number of para-hydroxylation sites is 2. The molecule has 0 aliphatic carbocycles. The number of benzene rings is 9. The number of hydrogen-bond acceptors (Lipinski definition) is 4. The highest BCUT2D eigenvalue weighted by molar-refractivity contribution is 6.88. The van der Waals surface area contributed by atoms with Crippen molar-refractivity contribution in [3.8, 4) is 56.4 Å². The van der Waals surface area contributed by atoms with E-state index in [1.807, 2.05) is 24.3 Å². The van der Waals surface area contributed by atoms with Crippen LogP contribution >= 0.6 is 0 Å². The molecular formula is C54H39N3OSi. The van der Waals surface area contributed by atoms with Crippen LogP contribution in [0.2, 0.25) is 19.6 Å². The van der Waals surface area contributed by atoms with E-state index in [-0.39, 0.29) is 0 Å². The minimum atomic E-state index is -1.48. The molecule has 2 aromatic heterocycles.